The maximum atomic E-state index is 4.59. The smallest absolute Gasteiger partial charge is 0.211 e. The van der Waals surface area contributed by atoms with Crippen LogP contribution in [0, 0.1) is 8.99 Å². The van der Waals surface area contributed by atoms with Crippen LogP contribution in [-0.2, 0) is 0 Å². The molecule has 18 heavy (non-hydrogen) atoms. The van der Waals surface area contributed by atoms with Gasteiger partial charge in [-0.2, -0.15) is 0 Å². The molecule has 2 aromatic rings. The molecule has 1 saturated heterocycles. The molecule has 1 aliphatic rings. The monoisotopic (exact) mass is 356 g/mol. The van der Waals surface area contributed by atoms with Crippen molar-refractivity contribution in [2.24, 2.45) is 5.41 Å². The minimum Gasteiger partial charge on any atom is -0.342 e. The molecule has 3 rings (SSSR count). The number of aromatic nitrogens is 3. The zero-order valence-electron chi connectivity index (χ0n) is 10.7. The number of nitrogens with zero attached hydrogens (tertiary/aromatic N) is 4. The molecule has 0 unspecified atom stereocenters. The van der Waals surface area contributed by atoms with Crippen LogP contribution in [0.25, 0.3) is 5.65 Å². The van der Waals surface area contributed by atoms with Crippen LogP contribution in [0.3, 0.4) is 0 Å². The first-order valence-corrected chi connectivity index (χ1v) is 7.37. The summed E-state index contributed by atoms with van der Waals surface area (Å²) in [4.78, 5) is 11.4. The van der Waals surface area contributed by atoms with Gasteiger partial charge in [-0.15, -0.1) is 0 Å². The van der Waals surface area contributed by atoms with Crippen molar-refractivity contribution in [1.82, 2.24) is 14.4 Å². The molecule has 96 valence electrons. The maximum absolute atomic E-state index is 4.59. The van der Waals surface area contributed by atoms with Crippen molar-refractivity contribution < 1.29 is 0 Å². The molecule has 0 aliphatic carbocycles. The molecule has 0 saturated carbocycles. The fourth-order valence-corrected chi connectivity index (χ4v) is 2.96. The predicted molar refractivity (Wildman–Crippen MR) is 80.9 cm³/mol. The van der Waals surface area contributed by atoms with Gasteiger partial charge in [0.15, 0.2) is 5.65 Å². The first kappa shape index (κ1) is 12.2. The van der Waals surface area contributed by atoms with Gasteiger partial charge < -0.3 is 4.90 Å². The molecule has 0 atom stereocenters. The van der Waals surface area contributed by atoms with Crippen LogP contribution < -0.4 is 4.90 Å². The zero-order valence-corrected chi connectivity index (χ0v) is 12.9. The lowest BCUT2D eigenvalue weighted by Gasteiger charge is -2.37. The predicted octanol–water partition coefficient (Wildman–Crippen LogP) is 2.96. The first-order chi connectivity index (χ1) is 8.57. The molecule has 3 heterocycles. The van der Waals surface area contributed by atoms with Gasteiger partial charge in [0.2, 0.25) is 5.95 Å². The minimum absolute atomic E-state index is 0.466. The van der Waals surface area contributed by atoms with Gasteiger partial charge >= 0.3 is 0 Å². The normalized spacial score (nSPS) is 19.4. The molecule has 2 aromatic heterocycles. The molecule has 0 N–H and O–H groups in total. The SMILES string of the molecule is CC1(C)CCN(c2ncc(I)c3nccn23)CC1. The molecule has 0 amide bonds. The molecule has 0 spiro atoms. The summed E-state index contributed by atoms with van der Waals surface area (Å²) in [6.45, 7) is 6.85. The van der Waals surface area contributed by atoms with Gasteiger partial charge in [0.05, 0.1) is 3.57 Å². The third-order valence-corrected chi connectivity index (χ3v) is 4.52. The average molecular weight is 356 g/mol. The van der Waals surface area contributed by atoms with Crippen molar-refractivity contribution in [2.75, 3.05) is 18.0 Å². The Balaban J connectivity index is 1.96. The van der Waals surface area contributed by atoms with Crippen LogP contribution in [0.5, 0.6) is 0 Å². The van der Waals surface area contributed by atoms with Crippen molar-refractivity contribution in [3.63, 3.8) is 0 Å². The van der Waals surface area contributed by atoms with Crippen LogP contribution in [0.2, 0.25) is 0 Å². The molecule has 1 aliphatic heterocycles. The van der Waals surface area contributed by atoms with Gasteiger partial charge in [0.25, 0.3) is 0 Å². The van der Waals surface area contributed by atoms with Crippen molar-refractivity contribution in [1.29, 1.82) is 0 Å². The lowest BCUT2D eigenvalue weighted by Crippen LogP contribution is -2.38. The summed E-state index contributed by atoms with van der Waals surface area (Å²) in [5.41, 5.74) is 1.47. The van der Waals surface area contributed by atoms with Crippen LogP contribution in [-0.4, -0.2) is 27.5 Å². The zero-order chi connectivity index (χ0) is 12.8. The summed E-state index contributed by atoms with van der Waals surface area (Å²) in [6.07, 6.45) is 8.20. The highest BCUT2D eigenvalue weighted by atomic mass is 127. The second kappa shape index (κ2) is 4.36. The first-order valence-electron chi connectivity index (χ1n) is 6.29. The second-order valence-electron chi connectivity index (χ2n) is 5.68. The molecule has 0 aromatic carbocycles. The third kappa shape index (κ3) is 2.08. The summed E-state index contributed by atoms with van der Waals surface area (Å²) in [5, 5.41) is 0. The number of piperidine rings is 1. The Bertz CT molecular complexity index is 565. The van der Waals surface area contributed by atoms with E-state index in [9.17, 15) is 0 Å². The third-order valence-electron chi connectivity index (χ3n) is 3.76. The molecule has 4 nitrogen and oxygen atoms in total. The lowest BCUT2D eigenvalue weighted by atomic mass is 9.83. The van der Waals surface area contributed by atoms with Gasteiger partial charge in [0, 0.05) is 31.7 Å². The fraction of sp³-hybridized carbons (Fsp3) is 0.538. The topological polar surface area (TPSA) is 33.4 Å². The number of hydrogen-bond donors (Lipinski definition) is 0. The van der Waals surface area contributed by atoms with Crippen molar-refractivity contribution in [2.45, 2.75) is 26.7 Å². The number of anilines is 1. The van der Waals surface area contributed by atoms with E-state index >= 15 is 0 Å². The Morgan fingerprint density at radius 2 is 1.94 bits per heavy atom. The highest BCUT2D eigenvalue weighted by Gasteiger charge is 2.27. The van der Waals surface area contributed by atoms with E-state index in [1.54, 1.807) is 0 Å². The highest BCUT2D eigenvalue weighted by molar-refractivity contribution is 14.1. The Morgan fingerprint density at radius 1 is 1.22 bits per heavy atom. The fourth-order valence-electron chi connectivity index (χ4n) is 2.42. The average Bonchev–Trinajstić information content (AvgIpc) is 2.80. The van der Waals surface area contributed by atoms with E-state index in [-0.39, 0.29) is 0 Å². The largest absolute Gasteiger partial charge is 0.342 e. The highest BCUT2D eigenvalue weighted by Crippen LogP contribution is 2.31. The number of fused-ring (bicyclic) bond motifs is 1. The van der Waals surface area contributed by atoms with E-state index in [1.807, 2.05) is 18.6 Å². The standard InChI is InChI=1S/C13H17IN4/c1-13(2)3-6-17(7-4-13)12-16-9-10(14)11-15-5-8-18(11)12/h5,8-9H,3-4,6-7H2,1-2H3. The second-order valence-corrected chi connectivity index (χ2v) is 6.84. The van der Waals surface area contributed by atoms with E-state index in [4.69, 9.17) is 0 Å². The Labute approximate surface area is 121 Å². The number of rotatable bonds is 1. The summed E-state index contributed by atoms with van der Waals surface area (Å²) < 4.78 is 3.19. The van der Waals surface area contributed by atoms with Crippen molar-refractivity contribution >= 4 is 34.2 Å². The van der Waals surface area contributed by atoms with Crippen molar-refractivity contribution in [3.8, 4) is 0 Å². The van der Waals surface area contributed by atoms with Crippen LogP contribution in [0.1, 0.15) is 26.7 Å². The van der Waals surface area contributed by atoms with Crippen molar-refractivity contribution in [3.05, 3.63) is 22.2 Å². The van der Waals surface area contributed by atoms with E-state index in [0.717, 1.165) is 28.3 Å². The summed E-state index contributed by atoms with van der Waals surface area (Å²) in [5.74, 6) is 1.03. The number of imidazole rings is 1. The molecule has 1 fully saturated rings. The van der Waals surface area contributed by atoms with E-state index in [0.29, 0.717) is 5.41 Å². The number of halogens is 1. The van der Waals surface area contributed by atoms with Gasteiger partial charge in [-0.25, -0.2) is 9.97 Å². The maximum Gasteiger partial charge on any atom is 0.211 e. The van der Waals surface area contributed by atoms with Crippen LogP contribution in [0.15, 0.2) is 18.6 Å². The van der Waals surface area contributed by atoms with Gasteiger partial charge in [-0.05, 0) is 40.8 Å². The van der Waals surface area contributed by atoms with Crippen LogP contribution >= 0.6 is 22.6 Å². The van der Waals surface area contributed by atoms with Gasteiger partial charge in [-0.1, -0.05) is 13.8 Å². The molecule has 5 heteroatoms. The summed E-state index contributed by atoms with van der Waals surface area (Å²) >= 11 is 2.28. The lowest BCUT2D eigenvalue weighted by molar-refractivity contribution is 0.278. The van der Waals surface area contributed by atoms with E-state index < -0.39 is 0 Å². The van der Waals surface area contributed by atoms with Gasteiger partial charge in [-0.3, -0.25) is 4.40 Å². The Morgan fingerprint density at radius 3 is 2.67 bits per heavy atom. The Kier molecular flexibility index (Phi) is 2.96. The Hall–Kier alpha value is -0.850. The quantitative estimate of drug-likeness (QED) is 0.737. The van der Waals surface area contributed by atoms with E-state index in [2.05, 4.69) is 55.7 Å². The summed E-state index contributed by atoms with van der Waals surface area (Å²) in [6, 6.07) is 0. The summed E-state index contributed by atoms with van der Waals surface area (Å²) in [7, 11) is 0. The molecule has 0 radical (unpaired) electrons. The molecule has 0 bridgehead atoms. The molecular formula is C13H17IN4. The van der Waals surface area contributed by atoms with Crippen LogP contribution in [0.4, 0.5) is 5.95 Å². The number of hydrogen-bond acceptors (Lipinski definition) is 3. The van der Waals surface area contributed by atoms with Gasteiger partial charge in [0.1, 0.15) is 0 Å². The van der Waals surface area contributed by atoms with E-state index in [1.165, 1.54) is 12.8 Å². The molecular weight excluding hydrogens is 339 g/mol. The minimum atomic E-state index is 0.466.